The Hall–Kier alpha value is -3.70. The molecular weight excluding hydrogens is 602 g/mol. The third-order valence-corrected chi connectivity index (χ3v) is 13.7. The smallest absolute Gasteiger partial charge is 0.261 e. The molecule has 6 rings (SSSR count). The van der Waals surface area contributed by atoms with E-state index >= 15 is 0 Å². The number of fused-ring (bicyclic) bond motifs is 3. The molecule has 4 aromatic rings. The third kappa shape index (κ3) is 4.33. The summed E-state index contributed by atoms with van der Waals surface area (Å²) in [6, 6.07) is 26.1. The van der Waals surface area contributed by atoms with Crippen molar-refractivity contribution in [3.05, 3.63) is 135 Å². The Kier molecular flexibility index (Phi) is 6.50. The lowest BCUT2D eigenvalue weighted by Crippen LogP contribution is -2.36. The molecule has 0 unspecified atom stereocenters. The number of para-hydroxylation sites is 1. The Morgan fingerprint density at radius 1 is 0.732 bits per heavy atom. The fourth-order valence-corrected chi connectivity index (χ4v) is 11.3. The van der Waals surface area contributed by atoms with E-state index in [1.54, 1.807) is 66.7 Å². The molecule has 0 atom stereocenters. The van der Waals surface area contributed by atoms with Crippen molar-refractivity contribution in [1.29, 1.82) is 0 Å². The van der Waals surface area contributed by atoms with Crippen LogP contribution in [0.25, 0.3) is 10.5 Å². The number of sulfone groups is 2. The van der Waals surface area contributed by atoms with Crippen LogP contribution < -0.4 is 4.31 Å². The third-order valence-electron chi connectivity index (χ3n) is 7.05. The highest BCUT2D eigenvalue weighted by Gasteiger charge is 2.50. The van der Waals surface area contributed by atoms with Crippen molar-refractivity contribution in [2.45, 2.75) is 16.7 Å². The molecule has 0 amide bonds. The number of hydrogen-bond acceptors (Lipinski definition) is 6. The molecule has 0 N–H and O–H groups in total. The molecule has 0 bridgehead atoms. The molecule has 0 aliphatic carbocycles. The topological polar surface area (TPSA) is 106 Å². The fourth-order valence-electron chi connectivity index (χ4n) is 5.15. The van der Waals surface area contributed by atoms with Crippen molar-refractivity contribution < 1.29 is 25.3 Å². The maximum atomic E-state index is 14.3. The van der Waals surface area contributed by atoms with Crippen LogP contribution in [0.4, 0.5) is 5.69 Å². The zero-order chi connectivity index (χ0) is 29.2. The molecule has 11 heteroatoms. The summed E-state index contributed by atoms with van der Waals surface area (Å²) in [5.74, 6) is 0. The van der Waals surface area contributed by atoms with E-state index in [9.17, 15) is 25.3 Å². The molecule has 0 radical (unpaired) electrons. The van der Waals surface area contributed by atoms with Crippen LogP contribution >= 0.6 is 11.6 Å². The van der Waals surface area contributed by atoms with E-state index in [4.69, 9.17) is 11.6 Å². The second-order valence-corrected chi connectivity index (χ2v) is 15.9. The van der Waals surface area contributed by atoms with Crippen molar-refractivity contribution in [1.82, 2.24) is 0 Å². The second kappa shape index (κ2) is 9.70. The van der Waals surface area contributed by atoms with Crippen molar-refractivity contribution >= 4 is 57.5 Å². The zero-order valence-corrected chi connectivity index (χ0v) is 24.7. The Morgan fingerprint density at radius 2 is 1.32 bits per heavy atom. The summed E-state index contributed by atoms with van der Waals surface area (Å²) in [4.78, 5) is -0.449. The average Bonchev–Trinajstić information content (AvgIpc) is 3.20. The van der Waals surface area contributed by atoms with Crippen LogP contribution in [0.15, 0.2) is 123 Å². The van der Waals surface area contributed by atoms with E-state index < -0.39 is 33.9 Å². The highest BCUT2D eigenvalue weighted by molar-refractivity contribution is 8.19. The van der Waals surface area contributed by atoms with Gasteiger partial charge in [0.25, 0.3) is 10.0 Å². The summed E-state index contributed by atoms with van der Waals surface area (Å²) < 4.78 is 85.2. The first-order valence-corrected chi connectivity index (χ1v) is 17.2. The lowest BCUT2D eigenvalue weighted by atomic mass is 9.92. The van der Waals surface area contributed by atoms with E-state index in [1.807, 2.05) is 6.92 Å². The standard InChI is InChI=1S/C30H22ClNO6S3/c1-20-11-15-24(16-12-20)41(37,38)32-19-26-28(25-9-5-6-10-27(25)32)30(39(33,34)23-17-13-22(31)14-18-23)40(35,36)29(26)21-7-3-2-4-8-21/h2-18H,19H2,1H3. The van der Waals surface area contributed by atoms with Crippen LogP contribution in [0.2, 0.25) is 5.02 Å². The van der Waals surface area contributed by atoms with Gasteiger partial charge in [-0.15, -0.1) is 0 Å². The lowest BCUT2D eigenvalue weighted by molar-refractivity contribution is 0.591. The van der Waals surface area contributed by atoms with Crippen LogP contribution in [-0.2, 0) is 29.7 Å². The Labute approximate surface area is 243 Å². The van der Waals surface area contributed by atoms with Crippen molar-refractivity contribution in [2.75, 3.05) is 10.8 Å². The largest absolute Gasteiger partial charge is 0.264 e. The van der Waals surface area contributed by atoms with Gasteiger partial charge in [0.1, 0.15) is 0 Å². The van der Waals surface area contributed by atoms with Crippen molar-refractivity contribution in [2.24, 2.45) is 0 Å². The molecule has 0 spiro atoms. The molecule has 41 heavy (non-hydrogen) atoms. The number of anilines is 1. The van der Waals surface area contributed by atoms with Crippen molar-refractivity contribution in [3.8, 4) is 0 Å². The van der Waals surface area contributed by atoms with Gasteiger partial charge in [0.15, 0.2) is 4.24 Å². The lowest BCUT2D eigenvalue weighted by Gasteiger charge is -2.33. The number of hydrogen-bond donors (Lipinski definition) is 0. The van der Waals surface area contributed by atoms with Gasteiger partial charge in [-0.05, 0) is 55.0 Å². The fraction of sp³-hybridized carbons (Fsp3) is 0.0667. The maximum absolute atomic E-state index is 14.3. The molecule has 4 aromatic carbocycles. The number of aryl methyl sites for hydroxylation is 1. The van der Waals surface area contributed by atoms with Crippen LogP contribution in [0.1, 0.15) is 16.7 Å². The number of nitrogens with zero attached hydrogens (tertiary/aromatic N) is 1. The Morgan fingerprint density at radius 3 is 1.98 bits per heavy atom. The number of sulfonamides is 1. The molecule has 0 saturated heterocycles. The van der Waals surface area contributed by atoms with Crippen molar-refractivity contribution in [3.63, 3.8) is 0 Å². The normalized spacial score (nSPS) is 16.5. The van der Waals surface area contributed by atoms with Crippen LogP contribution in [0.3, 0.4) is 0 Å². The zero-order valence-electron chi connectivity index (χ0n) is 21.5. The highest BCUT2D eigenvalue weighted by Crippen LogP contribution is 2.54. The summed E-state index contributed by atoms with van der Waals surface area (Å²) in [6.07, 6.45) is 0. The average molecular weight is 624 g/mol. The van der Waals surface area contributed by atoms with Gasteiger partial charge in [0.2, 0.25) is 19.7 Å². The van der Waals surface area contributed by atoms with E-state index in [1.165, 1.54) is 36.4 Å². The molecule has 2 aliphatic rings. The van der Waals surface area contributed by atoms with Gasteiger partial charge in [-0.25, -0.2) is 25.3 Å². The van der Waals surface area contributed by atoms with Gasteiger partial charge in [-0.3, -0.25) is 4.31 Å². The summed E-state index contributed by atoms with van der Waals surface area (Å²) in [5, 5.41) is 0.291. The van der Waals surface area contributed by atoms with Gasteiger partial charge >= 0.3 is 0 Å². The maximum Gasteiger partial charge on any atom is 0.264 e. The Balaban J connectivity index is 1.69. The van der Waals surface area contributed by atoms with Crippen LogP contribution in [0, 0.1) is 6.92 Å². The molecule has 2 aliphatic heterocycles. The summed E-state index contributed by atoms with van der Waals surface area (Å²) in [7, 11) is -13.4. The van der Waals surface area contributed by atoms with Crippen LogP contribution in [0.5, 0.6) is 0 Å². The van der Waals surface area contributed by atoms with Gasteiger partial charge < -0.3 is 0 Å². The van der Waals surface area contributed by atoms with E-state index in [0.717, 1.165) is 9.87 Å². The predicted molar refractivity (Wildman–Crippen MR) is 160 cm³/mol. The van der Waals surface area contributed by atoms with E-state index in [-0.39, 0.29) is 49.2 Å². The monoisotopic (exact) mass is 623 g/mol. The molecular formula is C30H22ClNO6S3. The second-order valence-electron chi connectivity index (χ2n) is 9.64. The number of rotatable bonds is 5. The highest BCUT2D eigenvalue weighted by atomic mass is 35.5. The molecule has 0 fully saturated rings. The molecule has 0 saturated carbocycles. The van der Waals surface area contributed by atoms with Gasteiger partial charge in [-0.1, -0.05) is 77.8 Å². The quantitative estimate of drug-likeness (QED) is 0.277. The SMILES string of the molecule is Cc1ccc(S(=O)(=O)N2CC3=C(c4ccccc4)S(=O)(=O)C(S(=O)(=O)c4ccc(Cl)cc4)=C3c3ccccc32)cc1. The summed E-state index contributed by atoms with van der Waals surface area (Å²) in [5.41, 5.74) is 1.57. The predicted octanol–water partition coefficient (Wildman–Crippen LogP) is 5.84. The van der Waals surface area contributed by atoms with Crippen LogP contribution in [-0.4, -0.2) is 31.8 Å². The Bertz CT molecular complexity index is 2100. The van der Waals surface area contributed by atoms with Gasteiger partial charge in [0.05, 0.1) is 26.9 Å². The first kappa shape index (κ1) is 27.5. The minimum atomic E-state index is -4.64. The number of benzene rings is 4. The molecule has 208 valence electrons. The van der Waals surface area contributed by atoms with Gasteiger partial charge in [0, 0.05) is 21.7 Å². The van der Waals surface area contributed by atoms with E-state index in [2.05, 4.69) is 0 Å². The summed E-state index contributed by atoms with van der Waals surface area (Å²) >= 11 is 5.98. The first-order valence-electron chi connectivity index (χ1n) is 12.4. The molecule has 2 heterocycles. The first-order chi connectivity index (χ1) is 19.4. The molecule has 0 aromatic heterocycles. The minimum Gasteiger partial charge on any atom is -0.261 e. The molecule has 7 nitrogen and oxygen atoms in total. The van der Waals surface area contributed by atoms with Gasteiger partial charge in [-0.2, -0.15) is 0 Å². The minimum absolute atomic E-state index is 0.0234. The van der Waals surface area contributed by atoms with E-state index in [0.29, 0.717) is 5.02 Å². The summed E-state index contributed by atoms with van der Waals surface area (Å²) in [6.45, 7) is 1.46. The number of halogens is 1.